The molecule has 1 heterocycles. The second kappa shape index (κ2) is 6.42. The minimum Gasteiger partial charge on any atom is -0.481 e. The summed E-state index contributed by atoms with van der Waals surface area (Å²) in [4.78, 5) is 5.52. The van der Waals surface area contributed by atoms with Gasteiger partial charge in [0.15, 0.2) is 0 Å². The summed E-state index contributed by atoms with van der Waals surface area (Å²) < 4.78 is 5.09. The third-order valence-corrected chi connectivity index (χ3v) is 3.53. The van der Waals surface area contributed by atoms with E-state index in [0.29, 0.717) is 5.88 Å². The number of hydrogen-bond acceptors (Lipinski definition) is 4. The standard InChI is InChI=1S/C14H15NO2S/c1-17-14-4-2-3-12(15-14)10-18-13-7-5-11(9-16)6-8-13/h2-8,16H,9-10H2,1H3. The van der Waals surface area contributed by atoms with Gasteiger partial charge in [-0.15, -0.1) is 11.8 Å². The molecule has 4 heteroatoms. The Labute approximate surface area is 111 Å². The first-order chi connectivity index (χ1) is 8.81. The predicted octanol–water partition coefficient (Wildman–Crippen LogP) is 2.87. The number of aromatic nitrogens is 1. The highest BCUT2D eigenvalue weighted by atomic mass is 32.2. The van der Waals surface area contributed by atoms with Gasteiger partial charge in [-0.1, -0.05) is 18.2 Å². The van der Waals surface area contributed by atoms with E-state index in [1.165, 1.54) is 0 Å². The SMILES string of the molecule is COc1cccc(CSc2ccc(CO)cc2)n1. The van der Waals surface area contributed by atoms with Crippen molar-refractivity contribution in [3.8, 4) is 5.88 Å². The van der Waals surface area contributed by atoms with E-state index in [1.54, 1.807) is 18.9 Å². The molecule has 94 valence electrons. The van der Waals surface area contributed by atoms with Crippen LogP contribution in [0.5, 0.6) is 5.88 Å². The molecule has 0 amide bonds. The Morgan fingerprint density at radius 3 is 2.61 bits per heavy atom. The molecule has 1 N–H and O–H groups in total. The van der Waals surface area contributed by atoms with E-state index < -0.39 is 0 Å². The lowest BCUT2D eigenvalue weighted by Crippen LogP contribution is -1.91. The fourth-order valence-corrected chi connectivity index (χ4v) is 2.30. The molecule has 0 saturated heterocycles. The topological polar surface area (TPSA) is 42.4 Å². The molecule has 0 spiro atoms. The first-order valence-corrected chi connectivity index (χ1v) is 6.63. The van der Waals surface area contributed by atoms with Crippen LogP contribution in [0.25, 0.3) is 0 Å². The molecule has 0 aliphatic heterocycles. The van der Waals surface area contributed by atoms with Gasteiger partial charge in [0, 0.05) is 16.7 Å². The van der Waals surface area contributed by atoms with Gasteiger partial charge in [-0.05, 0) is 23.8 Å². The highest BCUT2D eigenvalue weighted by Gasteiger charge is 2.00. The molecule has 0 atom stereocenters. The molecule has 18 heavy (non-hydrogen) atoms. The monoisotopic (exact) mass is 261 g/mol. The van der Waals surface area contributed by atoms with Crippen molar-refractivity contribution in [1.82, 2.24) is 4.98 Å². The number of ether oxygens (including phenoxy) is 1. The minimum atomic E-state index is 0.0857. The van der Waals surface area contributed by atoms with Crippen LogP contribution in [0.1, 0.15) is 11.3 Å². The highest BCUT2D eigenvalue weighted by Crippen LogP contribution is 2.23. The zero-order valence-electron chi connectivity index (χ0n) is 10.2. The number of benzene rings is 1. The predicted molar refractivity (Wildman–Crippen MR) is 72.7 cm³/mol. The van der Waals surface area contributed by atoms with Gasteiger partial charge in [-0.3, -0.25) is 0 Å². The van der Waals surface area contributed by atoms with E-state index in [1.807, 2.05) is 42.5 Å². The molecule has 0 bridgehead atoms. The van der Waals surface area contributed by atoms with Crippen molar-refractivity contribution in [2.24, 2.45) is 0 Å². The summed E-state index contributed by atoms with van der Waals surface area (Å²) in [6, 6.07) is 13.6. The summed E-state index contributed by atoms with van der Waals surface area (Å²) in [7, 11) is 1.62. The van der Waals surface area contributed by atoms with E-state index in [9.17, 15) is 0 Å². The lowest BCUT2D eigenvalue weighted by molar-refractivity contribution is 0.282. The first kappa shape index (κ1) is 12.9. The number of pyridine rings is 1. The van der Waals surface area contributed by atoms with Crippen LogP contribution in [0.2, 0.25) is 0 Å². The van der Waals surface area contributed by atoms with Gasteiger partial charge in [-0.25, -0.2) is 4.98 Å². The Bertz CT molecular complexity index is 499. The smallest absolute Gasteiger partial charge is 0.213 e. The molecule has 0 radical (unpaired) electrons. The molecule has 2 rings (SSSR count). The zero-order chi connectivity index (χ0) is 12.8. The van der Waals surface area contributed by atoms with Crippen molar-refractivity contribution in [2.75, 3.05) is 7.11 Å². The van der Waals surface area contributed by atoms with Crippen LogP contribution in [-0.2, 0) is 12.4 Å². The molecular weight excluding hydrogens is 246 g/mol. The van der Waals surface area contributed by atoms with E-state index in [4.69, 9.17) is 9.84 Å². The van der Waals surface area contributed by atoms with Crippen molar-refractivity contribution in [3.63, 3.8) is 0 Å². The average molecular weight is 261 g/mol. The number of rotatable bonds is 5. The van der Waals surface area contributed by atoms with Crippen LogP contribution in [0.3, 0.4) is 0 Å². The van der Waals surface area contributed by atoms with Gasteiger partial charge < -0.3 is 9.84 Å². The van der Waals surface area contributed by atoms with Crippen LogP contribution in [0, 0.1) is 0 Å². The van der Waals surface area contributed by atoms with E-state index in [2.05, 4.69) is 4.98 Å². The Morgan fingerprint density at radius 1 is 1.17 bits per heavy atom. The van der Waals surface area contributed by atoms with Crippen LogP contribution in [0.4, 0.5) is 0 Å². The maximum Gasteiger partial charge on any atom is 0.213 e. The maximum absolute atomic E-state index is 8.96. The molecule has 0 aliphatic rings. The van der Waals surface area contributed by atoms with Crippen molar-refractivity contribution < 1.29 is 9.84 Å². The number of thioether (sulfide) groups is 1. The van der Waals surface area contributed by atoms with Gasteiger partial charge in [0.1, 0.15) is 0 Å². The summed E-state index contributed by atoms with van der Waals surface area (Å²) in [6.45, 7) is 0.0857. The van der Waals surface area contributed by atoms with Gasteiger partial charge in [0.2, 0.25) is 5.88 Å². The number of aliphatic hydroxyl groups is 1. The number of aliphatic hydroxyl groups excluding tert-OH is 1. The Hall–Kier alpha value is -1.52. The third kappa shape index (κ3) is 3.48. The van der Waals surface area contributed by atoms with Gasteiger partial charge in [-0.2, -0.15) is 0 Å². The quantitative estimate of drug-likeness (QED) is 0.840. The zero-order valence-corrected chi connectivity index (χ0v) is 11.0. The van der Waals surface area contributed by atoms with E-state index >= 15 is 0 Å². The second-order valence-electron chi connectivity index (χ2n) is 3.76. The lowest BCUT2D eigenvalue weighted by atomic mass is 10.2. The van der Waals surface area contributed by atoms with Gasteiger partial charge >= 0.3 is 0 Å². The molecule has 0 fully saturated rings. The Kier molecular flexibility index (Phi) is 4.61. The number of methoxy groups -OCH3 is 1. The summed E-state index contributed by atoms with van der Waals surface area (Å²) in [5, 5.41) is 8.96. The Balaban J connectivity index is 1.97. The molecule has 0 saturated carbocycles. The normalized spacial score (nSPS) is 10.3. The van der Waals surface area contributed by atoms with E-state index in [0.717, 1.165) is 21.9 Å². The molecule has 2 aromatic rings. The summed E-state index contributed by atoms with van der Waals surface area (Å²) in [6.07, 6.45) is 0. The first-order valence-electron chi connectivity index (χ1n) is 5.64. The minimum absolute atomic E-state index is 0.0857. The lowest BCUT2D eigenvalue weighted by Gasteiger charge is -2.04. The molecular formula is C14H15NO2S. The molecule has 1 aromatic carbocycles. The van der Waals surface area contributed by atoms with Crippen molar-refractivity contribution in [3.05, 3.63) is 53.7 Å². The van der Waals surface area contributed by atoms with Crippen LogP contribution < -0.4 is 4.74 Å². The van der Waals surface area contributed by atoms with Crippen molar-refractivity contribution >= 4 is 11.8 Å². The summed E-state index contributed by atoms with van der Waals surface area (Å²) >= 11 is 1.71. The third-order valence-electron chi connectivity index (χ3n) is 2.48. The summed E-state index contributed by atoms with van der Waals surface area (Å²) in [5.41, 5.74) is 1.92. The number of hydrogen-bond donors (Lipinski definition) is 1. The van der Waals surface area contributed by atoms with Gasteiger partial charge in [0.25, 0.3) is 0 Å². The molecule has 3 nitrogen and oxygen atoms in total. The van der Waals surface area contributed by atoms with Crippen molar-refractivity contribution in [2.45, 2.75) is 17.3 Å². The average Bonchev–Trinajstić information content (AvgIpc) is 2.46. The van der Waals surface area contributed by atoms with Crippen molar-refractivity contribution in [1.29, 1.82) is 0 Å². The van der Waals surface area contributed by atoms with E-state index in [-0.39, 0.29) is 6.61 Å². The molecule has 0 unspecified atom stereocenters. The van der Waals surface area contributed by atoms with Crippen LogP contribution >= 0.6 is 11.8 Å². The highest BCUT2D eigenvalue weighted by molar-refractivity contribution is 7.98. The summed E-state index contributed by atoms with van der Waals surface area (Å²) in [5.74, 6) is 1.44. The fourth-order valence-electron chi connectivity index (χ4n) is 1.50. The number of nitrogens with zero attached hydrogens (tertiary/aromatic N) is 1. The Morgan fingerprint density at radius 2 is 1.94 bits per heavy atom. The molecule has 0 aliphatic carbocycles. The van der Waals surface area contributed by atoms with Crippen LogP contribution in [-0.4, -0.2) is 17.2 Å². The largest absolute Gasteiger partial charge is 0.481 e. The second-order valence-corrected chi connectivity index (χ2v) is 4.81. The molecule has 1 aromatic heterocycles. The fraction of sp³-hybridized carbons (Fsp3) is 0.214. The maximum atomic E-state index is 8.96. The van der Waals surface area contributed by atoms with Crippen LogP contribution in [0.15, 0.2) is 47.4 Å². The van der Waals surface area contributed by atoms with Gasteiger partial charge in [0.05, 0.1) is 19.4 Å².